The maximum atomic E-state index is 12.6. The quantitative estimate of drug-likeness (QED) is 0.872. The van der Waals surface area contributed by atoms with Crippen LogP contribution in [0.15, 0.2) is 24.3 Å². The molecular weight excluding hydrogens is 352 g/mol. The van der Waals surface area contributed by atoms with E-state index in [1.807, 2.05) is 18.2 Å². The number of carbonyl (C=O) groups is 2. The van der Waals surface area contributed by atoms with Crippen LogP contribution >= 0.6 is 11.3 Å². The Morgan fingerprint density at radius 1 is 1.31 bits per heavy atom. The SMILES string of the molecule is COc1ccccc1N1C[C@@H](C(=O)Nc2nnc(C3CCC3)s2)CC1=O. The Morgan fingerprint density at radius 2 is 2.12 bits per heavy atom. The average molecular weight is 372 g/mol. The normalized spacial score (nSPS) is 20.1. The molecule has 1 aliphatic heterocycles. The lowest BCUT2D eigenvalue weighted by Gasteiger charge is -2.21. The van der Waals surface area contributed by atoms with Crippen molar-refractivity contribution < 1.29 is 14.3 Å². The van der Waals surface area contributed by atoms with E-state index in [0.717, 1.165) is 17.8 Å². The van der Waals surface area contributed by atoms with Crippen LogP contribution in [-0.2, 0) is 9.59 Å². The number of methoxy groups -OCH3 is 1. The van der Waals surface area contributed by atoms with E-state index in [-0.39, 0.29) is 18.2 Å². The maximum Gasteiger partial charge on any atom is 0.231 e. The molecule has 2 heterocycles. The summed E-state index contributed by atoms with van der Waals surface area (Å²) in [4.78, 5) is 26.6. The van der Waals surface area contributed by atoms with Gasteiger partial charge in [0.25, 0.3) is 0 Å². The van der Waals surface area contributed by atoms with Gasteiger partial charge in [-0.05, 0) is 25.0 Å². The monoisotopic (exact) mass is 372 g/mol. The average Bonchev–Trinajstić information content (AvgIpc) is 3.20. The fraction of sp³-hybridized carbons (Fsp3) is 0.444. The second-order valence-electron chi connectivity index (χ2n) is 6.64. The number of aromatic nitrogens is 2. The molecule has 2 aliphatic rings. The summed E-state index contributed by atoms with van der Waals surface area (Å²) >= 11 is 1.44. The Hall–Kier alpha value is -2.48. The fourth-order valence-corrected chi connectivity index (χ4v) is 4.20. The molecule has 1 aliphatic carbocycles. The van der Waals surface area contributed by atoms with Gasteiger partial charge in [-0.25, -0.2) is 0 Å². The molecule has 1 aromatic heterocycles. The van der Waals surface area contributed by atoms with Crippen LogP contribution < -0.4 is 15.0 Å². The molecule has 0 bridgehead atoms. The number of para-hydroxylation sites is 2. The number of nitrogens with one attached hydrogen (secondary N) is 1. The van der Waals surface area contributed by atoms with E-state index in [0.29, 0.717) is 29.0 Å². The predicted molar refractivity (Wildman–Crippen MR) is 98.6 cm³/mol. The van der Waals surface area contributed by atoms with Crippen molar-refractivity contribution in [3.63, 3.8) is 0 Å². The molecule has 8 heteroatoms. The second-order valence-corrected chi connectivity index (χ2v) is 7.65. The molecule has 1 N–H and O–H groups in total. The number of rotatable bonds is 5. The number of benzene rings is 1. The minimum absolute atomic E-state index is 0.0814. The standard InChI is InChI=1S/C18H20N4O3S/c1-25-14-8-3-2-7-13(14)22-10-12(9-15(22)23)16(24)19-18-21-20-17(26-18)11-5-4-6-11/h2-3,7-8,11-12H,4-6,9-10H2,1H3,(H,19,21,24)/t12-/m0/s1. The topological polar surface area (TPSA) is 84.4 Å². The first-order chi connectivity index (χ1) is 12.7. The molecule has 2 aromatic rings. The summed E-state index contributed by atoms with van der Waals surface area (Å²) in [5, 5.41) is 12.6. The van der Waals surface area contributed by atoms with Gasteiger partial charge in [-0.1, -0.05) is 29.9 Å². The first kappa shape index (κ1) is 17.0. The minimum Gasteiger partial charge on any atom is -0.495 e. The third-order valence-electron chi connectivity index (χ3n) is 5.00. The van der Waals surface area contributed by atoms with Crippen LogP contribution in [0.5, 0.6) is 5.75 Å². The molecule has 0 unspecified atom stereocenters. The van der Waals surface area contributed by atoms with E-state index in [1.54, 1.807) is 18.1 Å². The molecule has 26 heavy (non-hydrogen) atoms. The van der Waals surface area contributed by atoms with Crippen molar-refractivity contribution in [3.8, 4) is 5.75 Å². The van der Waals surface area contributed by atoms with Crippen LogP contribution in [-0.4, -0.2) is 35.7 Å². The van der Waals surface area contributed by atoms with Crippen molar-refractivity contribution in [2.75, 3.05) is 23.9 Å². The van der Waals surface area contributed by atoms with E-state index < -0.39 is 5.92 Å². The zero-order valence-electron chi connectivity index (χ0n) is 14.5. The lowest BCUT2D eigenvalue weighted by atomic mass is 9.86. The Balaban J connectivity index is 1.43. The summed E-state index contributed by atoms with van der Waals surface area (Å²) in [6.45, 7) is 0.333. The third-order valence-corrected chi connectivity index (χ3v) is 6.00. The maximum absolute atomic E-state index is 12.6. The predicted octanol–water partition coefficient (Wildman–Crippen LogP) is 2.81. The minimum atomic E-state index is -0.413. The Kier molecular flexibility index (Phi) is 4.58. The van der Waals surface area contributed by atoms with Gasteiger partial charge in [0.2, 0.25) is 16.9 Å². The van der Waals surface area contributed by atoms with Gasteiger partial charge < -0.3 is 15.0 Å². The van der Waals surface area contributed by atoms with Gasteiger partial charge in [0.05, 0.1) is 18.7 Å². The molecule has 0 spiro atoms. The molecule has 1 saturated carbocycles. The number of hydrogen-bond donors (Lipinski definition) is 1. The lowest BCUT2D eigenvalue weighted by molar-refractivity contribution is -0.122. The van der Waals surface area contributed by atoms with E-state index in [4.69, 9.17) is 4.74 Å². The molecule has 1 aromatic carbocycles. The smallest absolute Gasteiger partial charge is 0.231 e. The van der Waals surface area contributed by atoms with Crippen LogP contribution in [0.1, 0.15) is 36.6 Å². The third kappa shape index (κ3) is 3.16. The van der Waals surface area contributed by atoms with E-state index in [2.05, 4.69) is 15.5 Å². The number of amides is 2. The van der Waals surface area contributed by atoms with Crippen LogP contribution in [0.2, 0.25) is 0 Å². The molecule has 2 fully saturated rings. The zero-order valence-corrected chi connectivity index (χ0v) is 15.3. The van der Waals surface area contributed by atoms with Crippen LogP contribution in [0, 0.1) is 5.92 Å². The largest absolute Gasteiger partial charge is 0.495 e. The van der Waals surface area contributed by atoms with Gasteiger partial charge >= 0.3 is 0 Å². The van der Waals surface area contributed by atoms with Crippen molar-refractivity contribution >= 4 is 34.0 Å². The molecule has 4 rings (SSSR count). The first-order valence-corrected chi connectivity index (χ1v) is 9.55. The molecule has 1 saturated heterocycles. The zero-order chi connectivity index (χ0) is 18.1. The molecule has 136 valence electrons. The van der Waals surface area contributed by atoms with Crippen LogP contribution in [0.4, 0.5) is 10.8 Å². The molecular formula is C18H20N4O3S. The van der Waals surface area contributed by atoms with E-state index >= 15 is 0 Å². The van der Waals surface area contributed by atoms with Gasteiger partial charge in [0.15, 0.2) is 0 Å². The van der Waals surface area contributed by atoms with E-state index in [1.165, 1.54) is 17.8 Å². The lowest BCUT2D eigenvalue weighted by Crippen LogP contribution is -2.28. The number of anilines is 2. The highest BCUT2D eigenvalue weighted by atomic mass is 32.1. The highest BCUT2D eigenvalue weighted by Crippen LogP contribution is 2.39. The summed E-state index contributed by atoms with van der Waals surface area (Å²) in [6, 6.07) is 7.33. The summed E-state index contributed by atoms with van der Waals surface area (Å²) in [5.74, 6) is 0.431. The molecule has 2 amide bonds. The summed E-state index contributed by atoms with van der Waals surface area (Å²) in [5.41, 5.74) is 0.693. The van der Waals surface area contributed by atoms with Gasteiger partial charge in [0.1, 0.15) is 10.8 Å². The van der Waals surface area contributed by atoms with Crippen LogP contribution in [0.3, 0.4) is 0 Å². The van der Waals surface area contributed by atoms with Crippen molar-refractivity contribution in [1.82, 2.24) is 10.2 Å². The highest BCUT2D eigenvalue weighted by molar-refractivity contribution is 7.15. The highest BCUT2D eigenvalue weighted by Gasteiger charge is 2.36. The Labute approximate surface area is 155 Å². The fourth-order valence-electron chi connectivity index (χ4n) is 3.28. The van der Waals surface area contributed by atoms with E-state index in [9.17, 15) is 9.59 Å². The van der Waals surface area contributed by atoms with Crippen LogP contribution in [0.25, 0.3) is 0 Å². The van der Waals surface area contributed by atoms with Crippen molar-refractivity contribution in [2.45, 2.75) is 31.6 Å². The van der Waals surface area contributed by atoms with Gasteiger partial charge in [-0.2, -0.15) is 0 Å². The molecule has 7 nitrogen and oxygen atoms in total. The summed E-state index contributed by atoms with van der Waals surface area (Å²) < 4.78 is 5.33. The number of nitrogens with zero attached hydrogens (tertiary/aromatic N) is 3. The van der Waals surface area contributed by atoms with Crippen molar-refractivity contribution in [3.05, 3.63) is 29.3 Å². The number of ether oxygens (including phenoxy) is 1. The number of carbonyl (C=O) groups excluding carboxylic acids is 2. The molecule has 0 radical (unpaired) electrons. The van der Waals surface area contributed by atoms with Gasteiger partial charge in [-0.3, -0.25) is 9.59 Å². The summed E-state index contributed by atoms with van der Waals surface area (Å²) in [6.07, 6.45) is 3.70. The van der Waals surface area contributed by atoms with Gasteiger partial charge in [0, 0.05) is 18.9 Å². The van der Waals surface area contributed by atoms with Gasteiger partial charge in [-0.15, -0.1) is 10.2 Å². The van der Waals surface area contributed by atoms with Crippen molar-refractivity contribution in [2.24, 2.45) is 5.92 Å². The summed E-state index contributed by atoms with van der Waals surface area (Å²) in [7, 11) is 1.57. The Bertz CT molecular complexity index is 833. The molecule has 1 atom stereocenters. The number of hydrogen-bond acceptors (Lipinski definition) is 6. The Morgan fingerprint density at radius 3 is 2.85 bits per heavy atom. The van der Waals surface area contributed by atoms with Crippen molar-refractivity contribution in [1.29, 1.82) is 0 Å². The second kappa shape index (κ2) is 7.03. The first-order valence-electron chi connectivity index (χ1n) is 8.73.